The van der Waals surface area contributed by atoms with Gasteiger partial charge in [0.15, 0.2) is 6.29 Å². The van der Waals surface area contributed by atoms with Gasteiger partial charge in [-0.2, -0.15) is 0 Å². The van der Waals surface area contributed by atoms with Crippen LogP contribution in [0.25, 0.3) is 11.1 Å². The molecule has 5 aromatic rings. The van der Waals surface area contributed by atoms with Crippen LogP contribution in [0.1, 0.15) is 57.5 Å². The summed E-state index contributed by atoms with van der Waals surface area (Å²) in [4.78, 5) is 15.0. The molecule has 4 atom stereocenters. The van der Waals surface area contributed by atoms with Crippen molar-refractivity contribution in [3.05, 3.63) is 167 Å². The van der Waals surface area contributed by atoms with Gasteiger partial charge in [-0.25, -0.2) is 0 Å². The number of hydrogen-bond donors (Lipinski definition) is 2. The molecule has 1 saturated heterocycles. The molecule has 0 unspecified atom stereocenters. The summed E-state index contributed by atoms with van der Waals surface area (Å²) in [5.74, 6) is 0.00259. The van der Waals surface area contributed by atoms with E-state index in [4.69, 9.17) is 9.47 Å². The molecular formula is C41H42N2O4. The number of nitrogens with one attached hydrogen (secondary N) is 1. The van der Waals surface area contributed by atoms with Gasteiger partial charge in [-0.3, -0.25) is 9.69 Å². The lowest BCUT2D eigenvalue weighted by atomic mass is 9.90. The van der Waals surface area contributed by atoms with E-state index in [-0.39, 0.29) is 30.6 Å². The highest BCUT2D eigenvalue weighted by Crippen LogP contribution is 2.42. The quantitative estimate of drug-likeness (QED) is 0.157. The molecule has 1 aliphatic heterocycles. The Morgan fingerprint density at radius 3 is 2.09 bits per heavy atom. The van der Waals surface area contributed by atoms with E-state index in [0.717, 1.165) is 46.5 Å². The lowest BCUT2D eigenvalue weighted by Gasteiger charge is -2.42. The zero-order valence-corrected chi connectivity index (χ0v) is 27.0. The van der Waals surface area contributed by atoms with Gasteiger partial charge in [-0.05, 0) is 52.6 Å². The standard InChI is InChI=1S/C41H42N2O4/c1-29-38(27-43(2)26-30-11-5-3-6-12-30)46-41(47-39(29)33-19-17-31(28-44)18-20-33)35-23-21-32(22-24-35)37-16-10-9-15-36(37)25-42-40(45)34-13-7-4-8-14-34/h3-24,29,38-39,41,44H,25-28H2,1-2H3,(H,42,45)/t29-,38+,39+,41+/m0/s1. The summed E-state index contributed by atoms with van der Waals surface area (Å²) in [6, 6.07) is 44.3. The number of likely N-dealkylation sites (N-methyl/N-ethyl adjacent to an activating group) is 1. The molecule has 0 spiro atoms. The molecule has 1 heterocycles. The molecule has 1 fully saturated rings. The zero-order chi connectivity index (χ0) is 32.6. The molecule has 0 aromatic heterocycles. The molecule has 5 aromatic carbocycles. The van der Waals surface area contributed by atoms with Crippen LogP contribution >= 0.6 is 0 Å². The van der Waals surface area contributed by atoms with Crippen molar-refractivity contribution in [1.29, 1.82) is 0 Å². The Morgan fingerprint density at radius 2 is 1.38 bits per heavy atom. The minimum Gasteiger partial charge on any atom is -0.392 e. The maximum atomic E-state index is 12.7. The van der Waals surface area contributed by atoms with E-state index < -0.39 is 6.29 Å². The molecule has 47 heavy (non-hydrogen) atoms. The Hall–Kier alpha value is -4.59. The fourth-order valence-electron chi connectivity index (χ4n) is 6.24. The fourth-order valence-corrected chi connectivity index (χ4v) is 6.24. The normalized spacial score (nSPS) is 19.4. The predicted molar refractivity (Wildman–Crippen MR) is 185 cm³/mol. The molecule has 240 valence electrons. The van der Waals surface area contributed by atoms with Gasteiger partial charge in [-0.15, -0.1) is 0 Å². The van der Waals surface area contributed by atoms with Crippen molar-refractivity contribution in [2.75, 3.05) is 13.6 Å². The number of carbonyl (C=O) groups excluding carboxylic acids is 1. The molecule has 2 N–H and O–H groups in total. The predicted octanol–water partition coefficient (Wildman–Crippen LogP) is 7.70. The lowest BCUT2D eigenvalue weighted by Crippen LogP contribution is -2.43. The molecule has 6 nitrogen and oxygen atoms in total. The Balaban J connectivity index is 1.21. The Kier molecular flexibility index (Phi) is 10.6. The molecule has 0 radical (unpaired) electrons. The first-order valence-electron chi connectivity index (χ1n) is 16.2. The number of aliphatic hydroxyl groups is 1. The van der Waals surface area contributed by atoms with E-state index >= 15 is 0 Å². The topological polar surface area (TPSA) is 71.0 Å². The first-order chi connectivity index (χ1) is 23.0. The van der Waals surface area contributed by atoms with Crippen LogP contribution in [0.5, 0.6) is 0 Å². The minimum absolute atomic E-state index is 0.00880. The van der Waals surface area contributed by atoms with Gasteiger partial charge in [-0.1, -0.05) is 128 Å². The first-order valence-corrected chi connectivity index (χ1v) is 16.2. The number of benzene rings is 5. The minimum atomic E-state index is -0.543. The number of ether oxygens (including phenoxy) is 2. The van der Waals surface area contributed by atoms with E-state index in [2.05, 4.69) is 90.9 Å². The van der Waals surface area contributed by atoms with Crippen molar-refractivity contribution < 1.29 is 19.4 Å². The second kappa shape index (κ2) is 15.3. The number of aliphatic hydroxyl groups excluding tert-OH is 1. The average Bonchev–Trinajstić information content (AvgIpc) is 3.12. The van der Waals surface area contributed by atoms with Crippen LogP contribution in [-0.2, 0) is 29.2 Å². The van der Waals surface area contributed by atoms with Crippen LogP contribution in [0.15, 0.2) is 133 Å². The van der Waals surface area contributed by atoms with Crippen LogP contribution in [-0.4, -0.2) is 35.6 Å². The molecule has 1 amide bonds. The van der Waals surface area contributed by atoms with E-state index in [1.165, 1.54) is 5.56 Å². The summed E-state index contributed by atoms with van der Waals surface area (Å²) in [5, 5.41) is 12.7. The highest BCUT2D eigenvalue weighted by molar-refractivity contribution is 5.94. The highest BCUT2D eigenvalue weighted by atomic mass is 16.7. The highest BCUT2D eigenvalue weighted by Gasteiger charge is 2.38. The van der Waals surface area contributed by atoms with Crippen molar-refractivity contribution in [3.63, 3.8) is 0 Å². The zero-order valence-electron chi connectivity index (χ0n) is 27.0. The SMILES string of the molecule is C[C@H]1[C@@H](CN(C)Cc2ccccc2)O[C@@H](c2ccc(-c3ccccc3CNC(=O)c3ccccc3)cc2)O[C@H]1c1ccc(CO)cc1. The van der Waals surface area contributed by atoms with Crippen LogP contribution in [0.4, 0.5) is 0 Å². The summed E-state index contributed by atoms with van der Waals surface area (Å²) >= 11 is 0. The molecule has 6 heteroatoms. The molecule has 0 saturated carbocycles. The van der Waals surface area contributed by atoms with E-state index in [0.29, 0.717) is 12.1 Å². The van der Waals surface area contributed by atoms with Crippen LogP contribution in [0.3, 0.4) is 0 Å². The summed E-state index contributed by atoms with van der Waals surface area (Å²) in [7, 11) is 2.13. The van der Waals surface area contributed by atoms with Crippen molar-refractivity contribution >= 4 is 5.91 Å². The molecule has 0 aliphatic carbocycles. The number of amides is 1. The van der Waals surface area contributed by atoms with E-state index in [9.17, 15) is 9.90 Å². The van der Waals surface area contributed by atoms with Gasteiger partial charge in [0.1, 0.15) is 0 Å². The second-order valence-electron chi connectivity index (χ2n) is 12.3. The third-order valence-corrected chi connectivity index (χ3v) is 8.90. The van der Waals surface area contributed by atoms with Gasteiger partial charge >= 0.3 is 0 Å². The first kappa shape index (κ1) is 32.4. The summed E-state index contributed by atoms with van der Waals surface area (Å²) in [6.07, 6.45) is -0.790. The van der Waals surface area contributed by atoms with E-state index in [1.54, 1.807) is 0 Å². The molecule has 0 bridgehead atoms. The monoisotopic (exact) mass is 626 g/mol. The van der Waals surface area contributed by atoms with Crippen LogP contribution in [0, 0.1) is 5.92 Å². The van der Waals surface area contributed by atoms with E-state index in [1.807, 2.05) is 66.7 Å². The molecule has 1 aliphatic rings. The number of rotatable bonds is 11. The Morgan fingerprint density at radius 1 is 0.745 bits per heavy atom. The number of nitrogens with zero attached hydrogens (tertiary/aromatic N) is 1. The van der Waals surface area contributed by atoms with Crippen LogP contribution in [0.2, 0.25) is 0 Å². The van der Waals surface area contributed by atoms with Gasteiger partial charge in [0.05, 0.1) is 18.8 Å². The second-order valence-corrected chi connectivity index (χ2v) is 12.3. The average molecular weight is 627 g/mol. The Bertz CT molecular complexity index is 1730. The van der Waals surface area contributed by atoms with Crippen molar-refractivity contribution in [1.82, 2.24) is 10.2 Å². The van der Waals surface area contributed by atoms with Gasteiger partial charge < -0.3 is 19.9 Å². The lowest BCUT2D eigenvalue weighted by molar-refractivity contribution is -0.276. The largest absolute Gasteiger partial charge is 0.392 e. The van der Waals surface area contributed by atoms with Crippen molar-refractivity contribution in [3.8, 4) is 11.1 Å². The summed E-state index contributed by atoms with van der Waals surface area (Å²) in [6.45, 7) is 4.21. The van der Waals surface area contributed by atoms with Crippen molar-refractivity contribution in [2.24, 2.45) is 5.92 Å². The maximum absolute atomic E-state index is 12.7. The van der Waals surface area contributed by atoms with Crippen molar-refractivity contribution in [2.45, 2.75) is 45.1 Å². The van der Waals surface area contributed by atoms with Gasteiger partial charge in [0.2, 0.25) is 0 Å². The number of carbonyl (C=O) groups is 1. The summed E-state index contributed by atoms with van der Waals surface area (Å²) in [5.41, 5.74) is 7.95. The molecular weight excluding hydrogens is 584 g/mol. The summed E-state index contributed by atoms with van der Waals surface area (Å²) < 4.78 is 13.4. The smallest absolute Gasteiger partial charge is 0.251 e. The molecule has 6 rings (SSSR count). The van der Waals surface area contributed by atoms with Crippen LogP contribution < -0.4 is 5.32 Å². The van der Waals surface area contributed by atoms with Gasteiger partial charge in [0, 0.05) is 36.7 Å². The maximum Gasteiger partial charge on any atom is 0.251 e. The Labute approximate surface area is 277 Å². The fraction of sp³-hybridized carbons (Fsp3) is 0.244. The van der Waals surface area contributed by atoms with Gasteiger partial charge in [0.25, 0.3) is 5.91 Å². The number of hydrogen-bond acceptors (Lipinski definition) is 5. The third kappa shape index (κ3) is 8.05. The third-order valence-electron chi connectivity index (χ3n) is 8.90.